The molecular weight excluding hydrogens is 288 g/mol. The van der Waals surface area contributed by atoms with Crippen molar-refractivity contribution in [1.82, 2.24) is 0 Å². The molecule has 0 heterocycles. The summed E-state index contributed by atoms with van der Waals surface area (Å²) in [5.74, 6) is 0.921. The second kappa shape index (κ2) is 8.29. The molecule has 0 saturated heterocycles. The lowest BCUT2D eigenvalue weighted by molar-refractivity contribution is 0.107. The van der Waals surface area contributed by atoms with Crippen LogP contribution in [0.5, 0.6) is 5.75 Å². The predicted octanol–water partition coefficient (Wildman–Crippen LogP) is 3.12. The van der Waals surface area contributed by atoms with E-state index in [2.05, 4.69) is 0 Å². The Morgan fingerprint density at radius 2 is 1.43 bits per heavy atom. The van der Waals surface area contributed by atoms with Crippen LogP contribution in [0.25, 0.3) is 0 Å². The molecule has 0 saturated carbocycles. The van der Waals surface area contributed by atoms with Crippen molar-refractivity contribution in [3.05, 3.63) is 65.2 Å². The van der Waals surface area contributed by atoms with Crippen molar-refractivity contribution in [3.8, 4) is 5.75 Å². The Balaban J connectivity index is 0.00000220. The molecule has 0 aliphatic heterocycles. The number of methoxy groups -OCH3 is 1. The van der Waals surface area contributed by atoms with Crippen LogP contribution in [0.15, 0.2) is 48.5 Å². The van der Waals surface area contributed by atoms with Crippen molar-refractivity contribution >= 4 is 18.2 Å². The predicted molar refractivity (Wildman–Crippen MR) is 86.2 cm³/mol. The minimum Gasteiger partial charge on any atom is -0.497 e. The lowest BCUT2D eigenvalue weighted by Crippen LogP contribution is -2.10. The number of hydrogen-bond acceptors (Lipinski definition) is 3. The highest BCUT2D eigenvalue weighted by molar-refractivity contribution is 5.94. The van der Waals surface area contributed by atoms with E-state index >= 15 is 0 Å². The van der Waals surface area contributed by atoms with Gasteiger partial charge in [0.15, 0.2) is 0 Å². The summed E-state index contributed by atoms with van der Waals surface area (Å²) in [5, 5.41) is 7.33. The molecule has 2 aromatic carbocycles. The van der Waals surface area contributed by atoms with Gasteiger partial charge >= 0.3 is 0 Å². The van der Waals surface area contributed by atoms with Gasteiger partial charge < -0.3 is 15.2 Å². The Morgan fingerprint density at radius 3 is 1.86 bits per heavy atom. The average Bonchev–Trinajstić information content (AvgIpc) is 2.48. The standard InChI is InChI=1S/C16H18N2O2.ClH/c1-19-15-8-4-13(5-9-15)11-20-10-12-2-6-14(7-3-12)16(17)18;/h2-9H,10-11H2,1H3,(H3,17,18);1H. The third-order valence-corrected chi connectivity index (χ3v) is 2.96. The zero-order valence-corrected chi connectivity index (χ0v) is 12.7. The fourth-order valence-electron chi connectivity index (χ4n) is 1.79. The maximum Gasteiger partial charge on any atom is 0.122 e. The Hall–Kier alpha value is -2.04. The maximum absolute atomic E-state index is 7.33. The third-order valence-electron chi connectivity index (χ3n) is 2.96. The summed E-state index contributed by atoms with van der Waals surface area (Å²) in [6, 6.07) is 15.3. The van der Waals surface area contributed by atoms with E-state index in [0.29, 0.717) is 13.2 Å². The summed E-state index contributed by atoms with van der Waals surface area (Å²) < 4.78 is 10.8. The molecule has 0 spiro atoms. The minimum absolute atomic E-state index is 0. The van der Waals surface area contributed by atoms with Gasteiger partial charge in [-0.15, -0.1) is 12.4 Å². The molecule has 5 heteroatoms. The van der Waals surface area contributed by atoms with E-state index in [9.17, 15) is 0 Å². The van der Waals surface area contributed by atoms with Gasteiger partial charge in [-0.05, 0) is 23.3 Å². The van der Waals surface area contributed by atoms with E-state index in [1.165, 1.54) is 0 Å². The Labute approximate surface area is 130 Å². The smallest absolute Gasteiger partial charge is 0.122 e. The molecule has 0 radical (unpaired) electrons. The average molecular weight is 307 g/mol. The number of halogens is 1. The van der Waals surface area contributed by atoms with Crippen molar-refractivity contribution in [2.75, 3.05) is 7.11 Å². The van der Waals surface area contributed by atoms with Crippen molar-refractivity contribution in [2.24, 2.45) is 5.73 Å². The maximum atomic E-state index is 7.33. The van der Waals surface area contributed by atoms with Crippen molar-refractivity contribution in [2.45, 2.75) is 13.2 Å². The van der Waals surface area contributed by atoms with Crippen LogP contribution >= 0.6 is 12.4 Å². The second-order valence-corrected chi connectivity index (χ2v) is 4.45. The first-order valence-electron chi connectivity index (χ1n) is 6.33. The number of nitrogens with two attached hydrogens (primary N) is 1. The molecule has 2 aromatic rings. The number of nitrogens with one attached hydrogen (secondary N) is 1. The van der Waals surface area contributed by atoms with Gasteiger partial charge in [-0.3, -0.25) is 5.41 Å². The van der Waals surface area contributed by atoms with Gasteiger partial charge in [0, 0.05) is 5.56 Å². The van der Waals surface area contributed by atoms with Gasteiger partial charge in [-0.25, -0.2) is 0 Å². The monoisotopic (exact) mass is 306 g/mol. The highest BCUT2D eigenvalue weighted by Gasteiger charge is 1.99. The summed E-state index contributed by atoms with van der Waals surface area (Å²) in [6.45, 7) is 1.09. The first-order chi connectivity index (χ1) is 9.69. The molecule has 0 bridgehead atoms. The highest BCUT2D eigenvalue weighted by atomic mass is 35.5. The quantitative estimate of drug-likeness (QED) is 0.636. The molecule has 0 amide bonds. The largest absolute Gasteiger partial charge is 0.497 e. The van der Waals surface area contributed by atoms with Crippen LogP contribution in [-0.2, 0) is 18.0 Å². The van der Waals surface area contributed by atoms with E-state index in [1.807, 2.05) is 48.5 Å². The third kappa shape index (κ3) is 5.10. The number of hydrogen-bond donors (Lipinski definition) is 2. The fourth-order valence-corrected chi connectivity index (χ4v) is 1.79. The van der Waals surface area contributed by atoms with E-state index in [0.717, 1.165) is 22.4 Å². The molecule has 21 heavy (non-hydrogen) atoms. The fraction of sp³-hybridized carbons (Fsp3) is 0.188. The zero-order chi connectivity index (χ0) is 14.4. The van der Waals surface area contributed by atoms with E-state index in [4.69, 9.17) is 20.6 Å². The van der Waals surface area contributed by atoms with E-state index in [1.54, 1.807) is 7.11 Å². The summed E-state index contributed by atoms with van der Waals surface area (Å²) in [6.07, 6.45) is 0. The van der Waals surface area contributed by atoms with Gasteiger partial charge in [0.05, 0.1) is 20.3 Å². The number of nitrogen functional groups attached to an aromatic ring is 1. The molecule has 0 fully saturated rings. The molecule has 0 aliphatic rings. The first-order valence-corrected chi connectivity index (χ1v) is 6.33. The lowest BCUT2D eigenvalue weighted by Gasteiger charge is -2.06. The van der Waals surface area contributed by atoms with Crippen LogP contribution in [0.4, 0.5) is 0 Å². The molecule has 0 aromatic heterocycles. The second-order valence-electron chi connectivity index (χ2n) is 4.45. The van der Waals surface area contributed by atoms with E-state index < -0.39 is 0 Å². The van der Waals surface area contributed by atoms with Gasteiger partial charge in [0.25, 0.3) is 0 Å². The van der Waals surface area contributed by atoms with Crippen LogP contribution in [0, 0.1) is 5.41 Å². The zero-order valence-electron chi connectivity index (χ0n) is 11.8. The summed E-state index contributed by atoms with van der Waals surface area (Å²) in [4.78, 5) is 0. The molecule has 0 aliphatic carbocycles. The van der Waals surface area contributed by atoms with Crippen molar-refractivity contribution in [3.63, 3.8) is 0 Å². The van der Waals surface area contributed by atoms with Crippen LogP contribution in [0.1, 0.15) is 16.7 Å². The highest BCUT2D eigenvalue weighted by Crippen LogP contribution is 2.13. The normalized spacial score (nSPS) is 9.76. The molecule has 2 rings (SSSR count). The summed E-state index contributed by atoms with van der Waals surface area (Å²) in [5.41, 5.74) is 8.29. The van der Waals surface area contributed by atoms with Gasteiger partial charge in [-0.2, -0.15) is 0 Å². The SMILES string of the molecule is COc1ccc(COCc2ccc(C(=N)N)cc2)cc1.Cl. The Kier molecular flexibility index (Phi) is 6.72. The van der Waals surface area contributed by atoms with Gasteiger partial charge in [0.2, 0.25) is 0 Å². The van der Waals surface area contributed by atoms with Crippen LogP contribution < -0.4 is 10.5 Å². The number of rotatable bonds is 6. The van der Waals surface area contributed by atoms with Gasteiger partial charge in [0.1, 0.15) is 11.6 Å². The van der Waals surface area contributed by atoms with E-state index in [-0.39, 0.29) is 18.2 Å². The lowest BCUT2D eigenvalue weighted by atomic mass is 10.1. The molecule has 3 N–H and O–H groups in total. The van der Waals surface area contributed by atoms with Crippen molar-refractivity contribution in [1.29, 1.82) is 5.41 Å². The van der Waals surface area contributed by atoms with Crippen LogP contribution in [0.3, 0.4) is 0 Å². The molecule has 0 unspecified atom stereocenters. The minimum atomic E-state index is 0. The molecule has 0 atom stereocenters. The number of amidine groups is 1. The number of benzene rings is 2. The Morgan fingerprint density at radius 1 is 0.952 bits per heavy atom. The molecular formula is C16H19ClN2O2. The van der Waals surface area contributed by atoms with Crippen molar-refractivity contribution < 1.29 is 9.47 Å². The molecule has 4 nitrogen and oxygen atoms in total. The topological polar surface area (TPSA) is 68.3 Å². The molecule has 112 valence electrons. The Bertz CT molecular complexity index is 568. The summed E-state index contributed by atoms with van der Waals surface area (Å²) >= 11 is 0. The summed E-state index contributed by atoms with van der Waals surface area (Å²) in [7, 11) is 1.65. The number of ether oxygens (including phenoxy) is 2. The van der Waals surface area contributed by atoms with Crippen LogP contribution in [-0.4, -0.2) is 12.9 Å². The first kappa shape index (κ1) is 17.0. The van der Waals surface area contributed by atoms with Crippen LogP contribution in [0.2, 0.25) is 0 Å². The van der Waals surface area contributed by atoms with Gasteiger partial charge in [-0.1, -0.05) is 36.4 Å².